The van der Waals surface area contributed by atoms with Gasteiger partial charge in [-0.2, -0.15) is 0 Å². The molecule has 1 N–H and O–H groups in total. The van der Waals surface area contributed by atoms with Crippen LogP contribution >= 0.6 is 22.7 Å². The van der Waals surface area contributed by atoms with Crippen molar-refractivity contribution in [2.45, 2.75) is 77.4 Å². The van der Waals surface area contributed by atoms with E-state index >= 15 is 0 Å². The summed E-state index contributed by atoms with van der Waals surface area (Å²) in [6, 6.07) is 0.257. The quantitative estimate of drug-likeness (QED) is 0.571. The molecule has 11 heteroatoms. The molecular formula is C22H29F3N4O2S2. The molecule has 0 aromatic carbocycles. The summed E-state index contributed by atoms with van der Waals surface area (Å²) in [6.07, 6.45) is 3.74. The standard InChI is InChI=1S/C22H29F3N4O2S2/c1-14-26-11-17(32-14)10-20(30)27-16-4-2-15(3-5-16)6-8-29-9-7-19-18(12-29)28-21(33-19)13-31-22(23,24)25/h11,15-16H,2-10,12-13H2,1H3,(H,27,30)/t15-,16-. The van der Waals surface area contributed by atoms with E-state index in [4.69, 9.17) is 0 Å². The maximum Gasteiger partial charge on any atom is 0.522 e. The summed E-state index contributed by atoms with van der Waals surface area (Å²) >= 11 is 2.90. The van der Waals surface area contributed by atoms with Gasteiger partial charge in [0, 0.05) is 35.1 Å². The number of ether oxygens (including phenoxy) is 1. The average molecular weight is 503 g/mol. The van der Waals surface area contributed by atoms with Gasteiger partial charge in [-0.3, -0.25) is 14.4 Å². The highest BCUT2D eigenvalue weighted by atomic mass is 32.1. The molecule has 0 bridgehead atoms. The number of rotatable bonds is 8. The minimum absolute atomic E-state index is 0.0782. The van der Waals surface area contributed by atoms with Crippen LogP contribution in [0.2, 0.25) is 0 Å². The fourth-order valence-electron chi connectivity index (χ4n) is 4.59. The van der Waals surface area contributed by atoms with E-state index in [9.17, 15) is 18.0 Å². The second-order valence-corrected chi connectivity index (χ2v) is 11.3. The molecule has 1 aliphatic heterocycles. The Morgan fingerprint density at radius 3 is 2.76 bits per heavy atom. The zero-order valence-electron chi connectivity index (χ0n) is 18.6. The third-order valence-electron chi connectivity index (χ3n) is 6.28. The molecule has 1 saturated carbocycles. The number of hydrogen-bond donors (Lipinski definition) is 1. The summed E-state index contributed by atoms with van der Waals surface area (Å²) < 4.78 is 40.7. The SMILES string of the molecule is Cc1ncc(CC(=O)N[C@H]2CC[C@H](CCN3CCc4sc(COC(F)(F)F)nc4C3)CC2)s1. The number of alkyl halides is 3. The van der Waals surface area contributed by atoms with Crippen LogP contribution in [0, 0.1) is 12.8 Å². The van der Waals surface area contributed by atoms with Gasteiger partial charge in [0.2, 0.25) is 5.91 Å². The Labute approximate surface area is 199 Å². The van der Waals surface area contributed by atoms with Crippen molar-refractivity contribution >= 4 is 28.6 Å². The van der Waals surface area contributed by atoms with Crippen molar-refractivity contribution in [3.8, 4) is 0 Å². The Morgan fingerprint density at radius 1 is 1.27 bits per heavy atom. The molecule has 0 unspecified atom stereocenters. The molecule has 1 aliphatic carbocycles. The number of fused-ring (bicyclic) bond motifs is 1. The lowest BCUT2D eigenvalue weighted by molar-refractivity contribution is -0.330. The highest BCUT2D eigenvalue weighted by molar-refractivity contribution is 7.12. The Kier molecular flexibility index (Phi) is 8.03. The number of carbonyl (C=O) groups is 1. The number of aryl methyl sites for hydroxylation is 1. The van der Waals surface area contributed by atoms with Crippen LogP contribution in [0.5, 0.6) is 0 Å². The Balaban J connectivity index is 1.15. The molecule has 0 atom stereocenters. The Bertz CT molecular complexity index is 938. The van der Waals surface area contributed by atoms with Crippen molar-refractivity contribution in [1.82, 2.24) is 20.2 Å². The van der Waals surface area contributed by atoms with Crippen LogP contribution in [0.25, 0.3) is 0 Å². The smallest absolute Gasteiger partial charge is 0.353 e. The first-order valence-corrected chi connectivity index (χ1v) is 13.0. The first kappa shape index (κ1) is 24.6. The lowest BCUT2D eigenvalue weighted by atomic mass is 9.84. The van der Waals surface area contributed by atoms with Gasteiger partial charge in [0.05, 0.1) is 17.1 Å². The Morgan fingerprint density at radius 2 is 2.06 bits per heavy atom. The van der Waals surface area contributed by atoms with E-state index in [1.54, 1.807) is 17.5 Å². The van der Waals surface area contributed by atoms with Gasteiger partial charge in [-0.05, 0) is 57.9 Å². The predicted octanol–water partition coefficient (Wildman–Crippen LogP) is 4.61. The molecule has 0 radical (unpaired) electrons. The van der Waals surface area contributed by atoms with Crippen LogP contribution in [-0.4, -0.2) is 46.3 Å². The van der Waals surface area contributed by atoms with Gasteiger partial charge in [-0.1, -0.05) is 0 Å². The van der Waals surface area contributed by atoms with E-state index in [1.807, 2.05) is 6.92 Å². The molecule has 0 spiro atoms. The van der Waals surface area contributed by atoms with Crippen molar-refractivity contribution in [3.63, 3.8) is 0 Å². The summed E-state index contributed by atoms with van der Waals surface area (Å²) in [5, 5.41) is 4.55. The first-order valence-electron chi connectivity index (χ1n) is 11.3. The normalized spacial score (nSPS) is 21.7. The molecular weight excluding hydrogens is 473 g/mol. The predicted molar refractivity (Wildman–Crippen MR) is 121 cm³/mol. The maximum absolute atomic E-state index is 12.3. The number of hydrogen-bond acceptors (Lipinski definition) is 7. The van der Waals surface area contributed by atoms with E-state index in [0.29, 0.717) is 23.9 Å². The number of thiazole rings is 2. The fourth-order valence-corrected chi connectivity index (χ4v) is 6.36. The molecule has 3 heterocycles. The molecule has 6 nitrogen and oxygen atoms in total. The number of carbonyl (C=O) groups excluding carboxylic acids is 1. The summed E-state index contributed by atoms with van der Waals surface area (Å²) in [5.41, 5.74) is 0.898. The van der Waals surface area contributed by atoms with Gasteiger partial charge in [-0.25, -0.2) is 9.97 Å². The number of nitrogens with one attached hydrogen (secondary N) is 1. The van der Waals surface area contributed by atoms with Gasteiger partial charge in [-0.15, -0.1) is 35.8 Å². The minimum Gasteiger partial charge on any atom is -0.353 e. The van der Waals surface area contributed by atoms with E-state index in [-0.39, 0.29) is 11.9 Å². The number of amides is 1. The fraction of sp³-hybridized carbons (Fsp3) is 0.682. The van der Waals surface area contributed by atoms with Gasteiger partial charge >= 0.3 is 6.36 Å². The summed E-state index contributed by atoms with van der Waals surface area (Å²) in [5.74, 6) is 0.726. The number of nitrogens with zero attached hydrogens (tertiary/aromatic N) is 3. The number of halogens is 3. The van der Waals surface area contributed by atoms with Crippen molar-refractivity contribution in [2.75, 3.05) is 13.1 Å². The maximum atomic E-state index is 12.3. The topological polar surface area (TPSA) is 67.4 Å². The summed E-state index contributed by atoms with van der Waals surface area (Å²) in [4.78, 5) is 25.3. The lowest BCUT2D eigenvalue weighted by Crippen LogP contribution is -2.39. The second kappa shape index (κ2) is 10.8. The van der Waals surface area contributed by atoms with E-state index in [2.05, 4.69) is 24.9 Å². The second-order valence-electron chi connectivity index (χ2n) is 8.83. The summed E-state index contributed by atoms with van der Waals surface area (Å²) in [7, 11) is 0. The van der Waals surface area contributed by atoms with E-state index in [1.165, 1.54) is 11.3 Å². The van der Waals surface area contributed by atoms with Crippen LogP contribution in [0.3, 0.4) is 0 Å². The molecule has 1 fully saturated rings. The summed E-state index contributed by atoms with van der Waals surface area (Å²) in [6.45, 7) is 4.01. The average Bonchev–Trinajstić information content (AvgIpc) is 3.36. The zero-order chi connectivity index (χ0) is 23.4. The first-order chi connectivity index (χ1) is 15.7. The number of aromatic nitrogens is 2. The minimum atomic E-state index is -4.62. The molecule has 2 aromatic heterocycles. The van der Waals surface area contributed by atoms with Crippen molar-refractivity contribution in [2.24, 2.45) is 5.92 Å². The molecule has 2 aliphatic rings. The lowest BCUT2D eigenvalue weighted by Gasteiger charge is -2.32. The van der Waals surface area contributed by atoms with Crippen LogP contribution in [0.15, 0.2) is 6.20 Å². The zero-order valence-corrected chi connectivity index (χ0v) is 20.3. The monoisotopic (exact) mass is 502 g/mol. The van der Waals surface area contributed by atoms with Gasteiger partial charge in [0.25, 0.3) is 0 Å². The molecule has 2 aromatic rings. The highest BCUT2D eigenvalue weighted by Gasteiger charge is 2.30. The largest absolute Gasteiger partial charge is 0.522 e. The van der Waals surface area contributed by atoms with E-state index in [0.717, 1.165) is 72.1 Å². The van der Waals surface area contributed by atoms with Crippen molar-refractivity contribution in [1.29, 1.82) is 0 Å². The van der Waals surface area contributed by atoms with E-state index < -0.39 is 13.0 Å². The molecule has 0 saturated heterocycles. The Hall–Kier alpha value is -1.56. The highest BCUT2D eigenvalue weighted by Crippen LogP contribution is 2.30. The molecule has 182 valence electrons. The third kappa shape index (κ3) is 7.46. The molecule has 1 amide bonds. The van der Waals surface area contributed by atoms with Crippen LogP contribution in [-0.2, 0) is 35.5 Å². The van der Waals surface area contributed by atoms with Gasteiger partial charge in [0.1, 0.15) is 11.6 Å². The van der Waals surface area contributed by atoms with Crippen molar-refractivity contribution < 1.29 is 22.7 Å². The third-order valence-corrected chi connectivity index (χ3v) is 8.32. The van der Waals surface area contributed by atoms with Crippen LogP contribution in [0.1, 0.15) is 57.6 Å². The molecule has 33 heavy (non-hydrogen) atoms. The van der Waals surface area contributed by atoms with Gasteiger partial charge in [0.15, 0.2) is 0 Å². The van der Waals surface area contributed by atoms with Crippen LogP contribution < -0.4 is 5.32 Å². The van der Waals surface area contributed by atoms with Gasteiger partial charge < -0.3 is 5.32 Å². The van der Waals surface area contributed by atoms with Crippen LogP contribution in [0.4, 0.5) is 13.2 Å². The molecule has 4 rings (SSSR count). The van der Waals surface area contributed by atoms with Crippen molar-refractivity contribution in [3.05, 3.63) is 31.7 Å².